The zero-order valence-electron chi connectivity index (χ0n) is 13.6. The number of pyridine rings is 1. The van der Waals surface area contributed by atoms with Gasteiger partial charge in [0.1, 0.15) is 6.54 Å². The molecule has 7 heteroatoms. The Morgan fingerprint density at radius 3 is 2.85 bits per heavy atom. The summed E-state index contributed by atoms with van der Waals surface area (Å²) in [5.41, 5.74) is 1.87. The Kier molecular flexibility index (Phi) is 4.28. The van der Waals surface area contributed by atoms with Gasteiger partial charge in [0.2, 0.25) is 5.91 Å². The normalized spacial score (nSPS) is 10.8. The summed E-state index contributed by atoms with van der Waals surface area (Å²) in [7, 11) is 0. The first-order valence-electron chi connectivity index (χ1n) is 7.94. The highest BCUT2D eigenvalue weighted by atomic mass is 32.1. The molecule has 3 heterocycles. The molecule has 0 radical (unpaired) electrons. The number of fused-ring (bicyclic) bond motifs is 1. The maximum absolute atomic E-state index is 12.3. The summed E-state index contributed by atoms with van der Waals surface area (Å²) < 4.78 is 1.29. The molecule has 0 saturated carbocycles. The number of anilines is 1. The van der Waals surface area contributed by atoms with Gasteiger partial charge < -0.3 is 5.32 Å². The first-order valence-corrected chi connectivity index (χ1v) is 8.82. The van der Waals surface area contributed by atoms with Crippen molar-refractivity contribution in [2.45, 2.75) is 6.54 Å². The third-order valence-corrected chi connectivity index (χ3v) is 4.75. The average molecular weight is 362 g/mol. The van der Waals surface area contributed by atoms with Gasteiger partial charge in [-0.25, -0.2) is 4.98 Å². The molecule has 4 rings (SSSR count). The molecule has 3 aromatic heterocycles. The van der Waals surface area contributed by atoms with E-state index < -0.39 is 0 Å². The molecule has 0 fully saturated rings. The van der Waals surface area contributed by atoms with E-state index in [-0.39, 0.29) is 18.0 Å². The van der Waals surface area contributed by atoms with Crippen molar-refractivity contribution in [1.82, 2.24) is 14.5 Å². The molecule has 0 aliphatic heterocycles. The molecular weight excluding hydrogens is 348 g/mol. The van der Waals surface area contributed by atoms with Crippen molar-refractivity contribution in [3.05, 3.63) is 76.8 Å². The topological polar surface area (TPSA) is 76.9 Å². The highest BCUT2D eigenvalue weighted by Crippen LogP contribution is 2.20. The Morgan fingerprint density at radius 2 is 2.04 bits per heavy atom. The number of benzene rings is 1. The van der Waals surface area contributed by atoms with Crippen molar-refractivity contribution in [2.24, 2.45) is 0 Å². The van der Waals surface area contributed by atoms with E-state index in [9.17, 15) is 9.59 Å². The van der Waals surface area contributed by atoms with Gasteiger partial charge in [0.15, 0.2) is 0 Å². The van der Waals surface area contributed by atoms with E-state index in [1.54, 1.807) is 12.3 Å². The molecule has 128 valence electrons. The van der Waals surface area contributed by atoms with E-state index in [0.717, 1.165) is 15.8 Å². The van der Waals surface area contributed by atoms with Gasteiger partial charge in [-0.3, -0.25) is 19.1 Å². The summed E-state index contributed by atoms with van der Waals surface area (Å²) in [6.07, 6.45) is 3.13. The van der Waals surface area contributed by atoms with Crippen molar-refractivity contribution in [3.63, 3.8) is 0 Å². The second-order valence-electron chi connectivity index (χ2n) is 5.68. The zero-order chi connectivity index (χ0) is 17.9. The van der Waals surface area contributed by atoms with Crippen LogP contribution in [0.1, 0.15) is 0 Å². The number of carbonyl (C=O) groups is 1. The number of aromatic nitrogens is 3. The maximum Gasteiger partial charge on any atom is 0.254 e. The van der Waals surface area contributed by atoms with Crippen LogP contribution in [-0.4, -0.2) is 20.4 Å². The van der Waals surface area contributed by atoms with Crippen LogP contribution in [0.4, 0.5) is 5.69 Å². The van der Waals surface area contributed by atoms with Crippen LogP contribution >= 0.6 is 11.3 Å². The van der Waals surface area contributed by atoms with Crippen LogP contribution in [0.15, 0.2) is 71.2 Å². The summed E-state index contributed by atoms with van der Waals surface area (Å²) >= 11 is 1.51. The number of hydrogen-bond donors (Lipinski definition) is 1. The third-order valence-electron chi connectivity index (χ3n) is 3.85. The van der Waals surface area contributed by atoms with E-state index in [4.69, 9.17) is 0 Å². The number of hydrogen-bond acceptors (Lipinski definition) is 5. The lowest BCUT2D eigenvalue weighted by Crippen LogP contribution is -2.27. The van der Waals surface area contributed by atoms with Gasteiger partial charge in [0, 0.05) is 23.3 Å². The molecule has 0 atom stereocenters. The molecule has 26 heavy (non-hydrogen) atoms. The molecule has 1 N–H and O–H groups in total. The maximum atomic E-state index is 12.3. The Balaban J connectivity index is 1.49. The highest BCUT2D eigenvalue weighted by Gasteiger charge is 2.08. The highest BCUT2D eigenvalue weighted by molar-refractivity contribution is 7.13. The quantitative estimate of drug-likeness (QED) is 0.605. The fraction of sp³-hybridized carbons (Fsp3) is 0.0526. The minimum Gasteiger partial charge on any atom is -0.325 e. The molecule has 0 aliphatic carbocycles. The van der Waals surface area contributed by atoms with E-state index in [2.05, 4.69) is 15.3 Å². The van der Waals surface area contributed by atoms with Crippen molar-refractivity contribution in [2.75, 3.05) is 5.32 Å². The van der Waals surface area contributed by atoms with Gasteiger partial charge in [-0.15, -0.1) is 11.3 Å². The number of thiophene rings is 1. The van der Waals surface area contributed by atoms with E-state index in [1.165, 1.54) is 28.3 Å². The van der Waals surface area contributed by atoms with Crippen LogP contribution in [0.3, 0.4) is 0 Å². The molecule has 0 spiro atoms. The van der Waals surface area contributed by atoms with Crippen molar-refractivity contribution >= 4 is 33.8 Å². The zero-order valence-corrected chi connectivity index (χ0v) is 14.4. The molecule has 0 unspecified atom stereocenters. The van der Waals surface area contributed by atoms with Gasteiger partial charge in [-0.2, -0.15) is 0 Å². The van der Waals surface area contributed by atoms with Gasteiger partial charge in [-0.1, -0.05) is 12.1 Å². The summed E-state index contributed by atoms with van der Waals surface area (Å²) in [5, 5.41) is 5.66. The monoisotopic (exact) mass is 362 g/mol. The van der Waals surface area contributed by atoms with Crippen LogP contribution in [0.2, 0.25) is 0 Å². The van der Waals surface area contributed by atoms with E-state index in [1.807, 2.05) is 41.8 Å². The second kappa shape index (κ2) is 6.89. The molecule has 1 amide bonds. The summed E-state index contributed by atoms with van der Waals surface area (Å²) in [5.74, 6) is -0.291. The average Bonchev–Trinajstić information content (AvgIpc) is 3.18. The molecule has 6 nitrogen and oxygen atoms in total. The Hall–Kier alpha value is -3.32. The third kappa shape index (κ3) is 3.38. The van der Waals surface area contributed by atoms with Crippen LogP contribution in [0, 0.1) is 0 Å². The van der Waals surface area contributed by atoms with Gasteiger partial charge >= 0.3 is 0 Å². The van der Waals surface area contributed by atoms with E-state index in [0.29, 0.717) is 11.4 Å². The molecular formula is C19H14N4O2S. The van der Waals surface area contributed by atoms with E-state index >= 15 is 0 Å². The molecule has 0 bridgehead atoms. The SMILES string of the molecule is O=C(Cn1cnc(-c2cccs2)cc1=O)Nc1ccc2ncccc2c1. The lowest BCUT2D eigenvalue weighted by molar-refractivity contribution is -0.116. The minimum absolute atomic E-state index is 0.0956. The predicted molar refractivity (Wildman–Crippen MR) is 102 cm³/mol. The van der Waals surface area contributed by atoms with Gasteiger partial charge in [0.05, 0.1) is 22.4 Å². The summed E-state index contributed by atoms with van der Waals surface area (Å²) in [4.78, 5) is 33.9. The number of nitrogens with zero attached hydrogens (tertiary/aromatic N) is 3. The Labute approximate surface area is 152 Å². The number of carbonyl (C=O) groups excluding carboxylic acids is 1. The molecule has 0 aliphatic rings. The van der Waals surface area contributed by atoms with Crippen LogP contribution < -0.4 is 10.9 Å². The van der Waals surface area contributed by atoms with Crippen LogP contribution in [0.5, 0.6) is 0 Å². The first-order chi connectivity index (χ1) is 12.7. The number of nitrogens with one attached hydrogen (secondary N) is 1. The van der Waals surface area contributed by atoms with Crippen LogP contribution in [-0.2, 0) is 11.3 Å². The van der Waals surface area contributed by atoms with Crippen molar-refractivity contribution in [3.8, 4) is 10.6 Å². The fourth-order valence-corrected chi connectivity index (χ4v) is 3.31. The van der Waals surface area contributed by atoms with Crippen molar-refractivity contribution in [1.29, 1.82) is 0 Å². The van der Waals surface area contributed by atoms with Crippen LogP contribution in [0.25, 0.3) is 21.5 Å². The lowest BCUT2D eigenvalue weighted by Gasteiger charge is -2.08. The Morgan fingerprint density at radius 1 is 1.12 bits per heavy atom. The first kappa shape index (κ1) is 16.2. The van der Waals surface area contributed by atoms with Gasteiger partial charge in [0.25, 0.3) is 5.56 Å². The minimum atomic E-state index is -0.291. The predicted octanol–water partition coefficient (Wildman–Crippen LogP) is 3.16. The summed E-state index contributed by atoms with van der Waals surface area (Å²) in [6, 6.07) is 14.5. The largest absolute Gasteiger partial charge is 0.325 e. The molecule has 1 aromatic carbocycles. The number of amides is 1. The van der Waals surface area contributed by atoms with Crippen molar-refractivity contribution < 1.29 is 4.79 Å². The summed E-state index contributed by atoms with van der Waals surface area (Å²) in [6.45, 7) is -0.0956. The Bertz CT molecular complexity index is 1140. The molecule has 4 aromatic rings. The van der Waals surface area contributed by atoms with Gasteiger partial charge in [-0.05, 0) is 35.7 Å². The number of rotatable bonds is 4. The second-order valence-corrected chi connectivity index (χ2v) is 6.62. The standard InChI is InChI=1S/C19H14N4O2S/c24-18(22-14-5-6-15-13(9-14)3-1-7-20-15)11-23-12-21-16(10-19(23)25)17-4-2-8-26-17/h1-10,12H,11H2,(H,22,24). The molecule has 0 saturated heterocycles. The lowest BCUT2D eigenvalue weighted by atomic mass is 10.2. The fourth-order valence-electron chi connectivity index (χ4n) is 2.61. The smallest absolute Gasteiger partial charge is 0.254 e.